The highest BCUT2D eigenvalue weighted by Crippen LogP contribution is 2.40. The molecular weight excluding hydrogens is 360 g/mol. The van der Waals surface area contributed by atoms with Crippen LogP contribution in [0.4, 0.5) is 0 Å². The summed E-state index contributed by atoms with van der Waals surface area (Å²) in [5, 5.41) is 9.29. The lowest BCUT2D eigenvalue weighted by molar-refractivity contribution is -0.147. The average molecular weight is 378 g/mol. The zero-order chi connectivity index (χ0) is 18.9. The Kier molecular flexibility index (Phi) is 3.46. The molecule has 2 amide bonds. The Morgan fingerprint density at radius 3 is 2.54 bits per heavy atom. The molecule has 1 N–H and O–H groups in total. The van der Waals surface area contributed by atoms with Crippen LogP contribution in [0.15, 0.2) is 23.1 Å². The number of carbonyl (C=O) groups excluding carboxylic acids is 2. The Labute approximate surface area is 150 Å². The number of sulfonamides is 1. The predicted molar refractivity (Wildman–Crippen MR) is 89.1 cm³/mol. The zero-order valence-electron chi connectivity index (χ0n) is 14.1. The molecule has 9 heteroatoms. The highest BCUT2D eigenvalue weighted by Gasteiger charge is 2.49. The summed E-state index contributed by atoms with van der Waals surface area (Å²) in [7, 11) is -3.93. The number of amides is 2. The van der Waals surface area contributed by atoms with Crippen LogP contribution in [0.5, 0.6) is 0 Å². The maximum Gasteiger partial charge on any atom is 0.311 e. The van der Waals surface area contributed by atoms with Gasteiger partial charge in [-0.3, -0.25) is 14.4 Å². The first-order chi connectivity index (χ1) is 12.1. The lowest BCUT2D eigenvalue weighted by Gasteiger charge is -2.20. The van der Waals surface area contributed by atoms with E-state index in [0.29, 0.717) is 25.8 Å². The number of benzene rings is 1. The molecule has 8 nitrogen and oxygen atoms in total. The number of fused-ring (bicyclic) bond motifs is 1. The second-order valence-corrected chi connectivity index (χ2v) is 9.17. The van der Waals surface area contributed by atoms with Crippen molar-refractivity contribution in [1.82, 2.24) is 9.21 Å². The molecule has 1 aliphatic carbocycles. The van der Waals surface area contributed by atoms with E-state index in [1.54, 1.807) is 6.92 Å². The van der Waals surface area contributed by atoms with Gasteiger partial charge in [-0.2, -0.15) is 0 Å². The molecule has 2 heterocycles. The van der Waals surface area contributed by atoms with Gasteiger partial charge >= 0.3 is 5.97 Å². The van der Waals surface area contributed by atoms with Crippen LogP contribution < -0.4 is 0 Å². The SMILES string of the molecule is CC1(C(=O)O)CCN(C(=O)c2ccc3c(c2)S(=O)(=O)N(C2CC2)C3=O)C1. The summed E-state index contributed by atoms with van der Waals surface area (Å²) >= 11 is 0. The maximum absolute atomic E-state index is 12.7. The topological polar surface area (TPSA) is 112 Å². The molecule has 0 bridgehead atoms. The third kappa shape index (κ3) is 2.33. The first kappa shape index (κ1) is 17.0. The molecular formula is C17H18N2O6S. The van der Waals surface area contributed by atoms with Crippen LogP contribution in [0.25, 0.3) is 0 Å². The lowest BCUT2D eigenvalue weighted by atomic mass is 9.90. The minimum atomic E-state index is -3.93. The molecule has 3 aliphatic rings. The number of carboxylic acid groups (broad SMARTS) is 1. The highest BCUT2D eigenvalue weighted by atomic mass is 32.2. The smallest absolute Gasteiger partial charge is 0.311 e. The van der Waals surface area contributed by atoms with Gasteiger partial charge in [0.25, 0.3) is 21.8 Å². The summed E-state index contributed by atoms with van der Waals surface area (Å²) in [6, 6.07) is 3.76. The monoisotopic (exact) mass is 378 g/mol. The van der Waals surface area contributed by atoms with Crippen molar-refractivity contribution in [2.75, 3.05) is 13.1 Å². The fourth-order valence-corrected chi connectivity index (χ4v) is 5.38. The molecule has 138 valence electrons. The molecule has 4 rings (SSSR count). The van der Waals surface area contributed by atoms with Crippen molar-refractivity contribution in [2.24, 2.45) is 5.41 Å². The molecule has 1 aromatic rings. The van der Waals surface area contributed by atoms with Crippen molar-refractivity contribution in [2.45, 2.75) is 37.1 Å². The van der Waals surface area contributed by atoms with Crippen LogP contribution in [0.3, 0.4) is 0 Å². The molecule has 1 atom stereocenters. The number of hydrogen-bond acceptors (Lipinski definition) is 5. The average Bonchev–Trinajstić information content (AvgIpc) is 3.29. The Bertz CT molecular complexity index is 952. The van der Waals surface area contributed by atoms with Gasteiger partial charge in [0, 0.05) is 24.7 Å². The van der Waals surface area contributed by atoms with Gasteiger partial charge in [0.05, 0.1) is 11.0 Å². The molecule has 0 aromatic heterocycles. The van der Waals surface area contributed by atoms with Gasteiger partial charge in [-0.05, 0) is 44.4 Å². The van der Waals surface area contributed by atoms with E-state index < -0.39 is 33.2 Å². The number of aliphatic carboxylic acids is 1. The van der Waals surface area contributed by atoms with Gasteiger partial charge in [0.1, 0.15) is 4.90 Å². The number of likely N-dealkylation sites (tertiary alicyclic amines) is 1. The molecule has 1 saturated heterocycles. The summed E-state index contributed by atoms with van der Waals surface area (Å²) in [5.74, 6) is -1.93. The largest absolute Gasteiger partial charge is 0.481 e. The highest BCUT2D eigenvalue weighted by molar-refractivity contribution is 7.90. The van der Waals surface area contributed by atoms with E-state index in [0.717, 1.165) is 4.31 Å². The molecule has 1 unspecified atom stereocenters. The first-order valence-electron chi connectivity index (χ1n) is 8.41. The van der Waals surface area contributed by atoms with E-state index in [1.165, 1.54) is 23.1 Å². The number of rotatable bonds is 3. The van der Waals surface area contributed by atoms with E-state index in [4.69, 9.17) is 0 Å². The van der Waals surface area contributed by atoms with E-state index in [9.17, 15) is 27.9 Å². The molecule has 1 saturated carbocycles. The maximum atomic E-state index is 12.7. The van der Waals surface area contributed by atoms with E-state index in [2.05, 4.69) is 0 Å². The standard InChI is InChI=1S/C17H18N2O6S/c1-17(16(22)23)6-7-18(9-17)14(20)10-2-5-12-13(8-10)26(24,25)19(15(12)21)11-3-4-11/h2,5,8,11H,3-4,6-7,9H2,1H3,(H,22,23). The summed E-state index contributed by atoms with van der Waals surface area (Å²) in [6.07, 6.45) is 1.66. The first-order valence-corrected chi connectivity index (χ1v) is 9.85. The molecule has 2 fully saturated rings. The molecule has 1 aromatic carbocycles. The Morgan fingerprint density at radius 2 is 1.96 bits per heavy atom. The number of nitrogens with zero attached hydrogens (tertiary/aromatic N) is 2. The van der Waals surface area contributed by atoms with Crippen molar-refractivity contribution in [3.8, 4) is 0 Å². The molecule has 2 aliphatic heterocycles. The van der Waals surface area contributed by atoms with E-state index in [-0.39, 0.29) is 28.6 Å². The van der Waals surface area contributed by atoms with Crippen LogP contribution in [0, 0.1) is 5.41 Å². The van der Waals surface area contributed by atoms with Gasteiger partial charge in [0.2, 0.25) is 0 Å². The van der Waals surface area contributed by atoms with Crippen molar-refractivity contribution >= 4 is 27.8 Å². The fraction of sp³-hybridized carbons (Fsp3) is 0.471. The van der Waals surface area contributed by atoms with Crippen LogP contribution in [-0.2, 0) is 14.8 Å². The van der Waals surface area contributed by atoms with Gasteiger partial charge in [0.15, 0.2) is 0 Å². The van der Waals surface area contributed by atoms with Crippen molar-refractivity contribution in [3.63, 3.8) is 0 Å². The Balaban J connectivity index is 1.65. The quantitative estimate of drug-likeness (QED) is 0.837. The van der Waals surface area contributed by atoms with Crippen LogP contribution in [0.1, 0.15) is 46.9 Å². The Morgan fingerprint density at radius 1 is 1.27 bits per heavy atom. The normalized spacial score (nSPS) is 26.9. The lowest BCUT2D eigenvalue weighted by Crippen LogP contribution is -2.35. The van der Waals surface area contributed by atoms with E-state index in [1.807, 2.05) is 0 Å². The third-order valence-electron chi connectivity index (χ3n) is 5.35. The van der Waals surface area contributed by atoms with E-state index >= 15 is 0 Å². The Hall–Kier alpha value is -2.42. The van der Waals surface area contributed by atoms with Crippen molar-refractivity contribution in [3.05, 3.63) is 29.3 Å². The van der Waals surface area contributed by atoms with Gasteiger partial charge in [-0.25, -0.2) is 12.7 Å². The molecule has 0 radical (unpaired) electrons. The summed E-state index contributed by atoms with van der Waals surface area (Å²) in [5.41, 5.74) is -0.769. The fourth-order valence-electron chi connectivity index (χ4n) is 3.54. The van der Waals surface area contributed by atoms with Gasteiger partial charge < -0.3 is 10.0 Å². The van der Waals surface area contributed by atoms with Crippen molar-refractivity contribution in [1.29, 1.82) is 0 Å². The van der Waals surface area contributed by atoms with Crippen LogP contribution in [0.2, 0.25) is 0 Å². The number of carboxylic acids is 1. The zero-order valence-corrected chi connectivity index (χ0v) is 15.0. The molecule has 0 spiro atoms. The van der Waals surface area contributed by atoms with Gasteiger partial charge in [-0.15, -0.1) is 0 Å². The third-order valence-corrected chi connectivity index (χ3v) is 7.23. The minimum Gasteiger partial charge on any atom is -0.481 e. The summed E-state index contributed by atoms with van der Waals surface area (Å²) in [4.78, 5) is 37.7. The van der Waals surface area contributed by atoms with Crippen LogP contribution >= 0.6 is 0 Å². The summed E-state index contributed by atoms with van der Waals surface area (Å²) < 4.78 is 26.3. The minimum absolute atomic E-state index is 0.0676. The summed E-state index contributed by atoms with van der Waals surface area (Å²) in [6.45, 7) is 1.94. The van der Waals surface area contributed by atoms with Crippen LogP contribution in [-0.4, -0.2) is 59.6 Å². The second-order valence-electron chi connectivity index (χ2n) is 7.39. The molecule has 26 heavy (non-hydrogen) atoms. The second kappa shape index (κ2) is 5.29. The van der Waals surface area contributed by atoms with Gasteiger partial charge in [-0.1, -0.05) is 0 Å². The predicted octanol–water partition coefficient (Wildman–Crippen LogP) is 0.930. The van der Waals surface area contributed by atoms with Crippen molar-refractivity contribution < 1.29 is 27.9 Å². The number of hydrogen-bond donors (Lipinski definition) is 1. The number of carbonyl (C=O) groups is 3.